The number of rotatable bonds is 6. The van der Waals surface area contributed by atoms with Crippen molar-refractivity contribution in [2.45, 2.75) is 25.4 Å². The fourth-order valence-corrected chi connectivity index (χ4v) is 1.55. The van der Waals surface area contributed by atoms with Crippen molar-refractivity contribution in [3.63, 3.8) is 0 Å². The Balaban J connectivity index is 2.32. The number of alkyl halides is 3. The monoisotopic (exact) mass is 304 g/mol. The SMILES string of the molecule is O=C(O)Cc1ccc(NC(=O)NCCCC(F)(F)F)cc1. The second-order valence-corrected chi connectivity index (χ2v) is 4.37. The van der Waals surface area contributed by atoms with Crippen LogP contribution in [0.5, 0.6) is 0 Å². The van der Waals surface area contributed by atoms with Crippen LogP contribution in [-0.4, -0.2) is 29.8 Å². The van der Waals surface area contributed by atoms with Crippen LogP contribution in [0.1, 0.15) is 18.4 Å². The zero-order valence-electron chi connectivity index (χ0n) is 11.0. The molecule has 0 unspecified atom stereocenters. The van der Waals surface area contributed by atoms with Crippen LogP contribution in [-0.2, 0) is 11.2 Å². The summed E-state index contributed by atoms with van der Waals surface area (Å²) in [6, 6.07) is 5.53. The topological polar surface area (TPSA) is 78.4 Å². The Hall–Kier alpha value is -2.25. The molecule has 0 aliphatic rings. The summed E-state index contributed by atoms with van der Waals surface area (Å²) in [5, 5.41) is 13.3. The number of halogens is 3. The number of aliphatic carboxylic acids is 1. The van der Waals surface area contributed by atoms with Gasteiger partial charge in [0.2, 0.25) is 0 Å². The number of carbonyl (C=O) groups is 2. The van der Waals surface area contributed by atoms with E-state index in [9.17, 15) is 22.8 Å². The van der Waals surface area contributed by atoms with E-state index < -0.39 is 24.6 Å². The van der Waals surface area contributed by atoms with Crippen molar-refractivity contribution < 1.29 is 27.9 Å². The number of anilines is 1. The average Bonchev–Trinajstić information content (AvgIpc) is 2.35. The summed E-state index contributed by atoms with van der Waals surface area (Å²) in [5.41, 5.74) is 1.01. The van der Waals surface area contributed by atoms with E-state index in [2.05, 4.69) is 10.6 Å². The third-order valence-electron chi connectivity index (χ3n) is 2.49. The molecule has 3 N–H and O–H groups in total. The average molecular weight is 304 g/mol. The molecule has 1 rings (SSSR count). The number of carboxylic acid groups (broad SMARTS) is 1. The number of hydrogen-bond acceptors (Lipinski definition) is 2. The van der Waals surface area contributed by atoms with Gasteiger partial charge in [-0.25, -0.2) is 4.79 Å². The van der Waals surface area contributed by atoms with E-state index in [-0.39, 0.29) is 19.4 Å². The van der Waals surface area contributed by atoms with Crippen LogP contribution < -0.4 is 10.6 Å². The number of nitrogens with one attached hydrogen (secondary N) is 2. The van der Waals surface area contributed by atoms with Crippen LogP contribution in [0.3, 0.4) is 0 Å². The Bertz CT molecular complexity index is 486. The van der Waals surface area contributed by atoms with Crippen molar-refractivity contribution >= 4 is 17.7 Å². The van der Waals surface area contributed by atoms with E-state index in [0.717, 1.165) is 0 Å². The first kappa shape index (κ1) is 16.8. The van der Waals surface area contributed by atoms with E-state index >= 15 is 0 Å². The summed E-state index contributed by atoms with van der Waals surface area (Å²) in [6.07, 6.45) is -5.48. The molecule has 0 radical (unpaired) electrons. The Morgan fingerprint density at radius 2 is 1.76 bits per heavy atom. The first-order chi connectivity index (χ1) is 9.76. The summed E-state index contributed by atoms with van der Waals surface area (Å²) < 4.78 is 35.7. The quantitative estimate of drug-likeness (QED) is 0.707. The summed E-state index contributed by atoms with van der Waals surface area (Å²) in [6.45, 7) is -0.0809. The zero-order valence-corrected chi connectivity index (χ0v) is 11.0. The van der Waals surface area contributed by atoms with Gasteiger partial charge in [-0.1, -0.05) is 12.1 Å². The molecule has 0 aliphatic carbocycles. The Kier molecular flexibility index (Phi) is 6.01. The van der Waals surface area contributed by atoms with Crippen molar-refractivity contribution in [3.05, 3.63) is 29.8 Å². The minimum absolute atomic E-state index is 0.0809. The van der Waals surface area contributed by atoms with Gasteiger partial charge in [0.15, 0.2) is 0 Å². The molecular formula is C13H15F3N2O3. The summed E-state index contributed by atoms with van der Waals surface area (Å²) in [5.74, 6) is -0.960. The molecule has 116 valence electrons. The molecule has 0 aromatic heterocycles. The summed E-state index contributed by atoms with van der Waals surface area (Å²) in [7, 11) is 0. The van der Waals surface area contributed by atoms with Crippen LogP contribution in [0.25, 0.3) is 0 Å². The van der Waals surface area contributed by atoms with Crippen LogP contribution in [0.2, 0.25) is 0 Å². The maximum Gasteiger partial charge on any atom is 0.389 e. The summed E-state index contributed by atoms with van der Waals surface area (Å²) in [4.78, 5) is 21.9. The molecule has 0 saturated heterocycles. The first-order valence-corrected chi connectivity index (χ1v) is 6.18. The number of amides is 2. The number of urea groups is 1. The zero-order chi connectivity index (χ0) is 15.9. The van der Waals surface area contributed by atoms with Gasteiger partial charge in [-0.15, -0.1) is 0 Å². The Labute approximate surface area is 119 Å². The lowest BCUT2D eigenvalue weighted by molar-refractivity contribution is -0.136. The van der Waals surface area contributed by atoms with E-state index in [1.54, 1.807) is 12.1 Å². The molecule has 0 saturated carbocycles. The predicted molar refractivity (Wildman–Crippen MR) is 70.1 cm³/mol. The molecular weight excluding hydrogens is 289 g/mol. The lowest BCUT2D eigenvalue weighted by Crippen LogP contribution is -2.30. The standard InChI is InChI=1S/C13H15F3N2O3/c14-13(15,16)6-1-7-17-12(21)18-10-4-2-9(3-5-10)8-11(19)20/h2-5H,1,6-8H2,(H,19,20)(H2,17,18,21). The van der Waals surface area contributed by atoms with Gasteiger partial charge in [0.25, 0.3) is 0 Å². The second kappa shape index (κ2) is 7.51. The van der Waals surface area contributed by atoms with Gasteiger partial charge in [0.1, 0.15) is 0 Å². The molecule has 0 atom stereocenters. The van der Waals surface area contributed by atoms with Gasteiger partial charge >= 0.3 is 18.2 Å². The van der Waals surface area contributed by atoms with Crippen molar-refractivity contribution in [1.29, 1.82) is 0 Å². The molecule has 0 spiro atoms. The van der Waals surface area contributed by atoms with Gasteiger partial charge in [0, 0.05) is 18.7 Å². The van der Waals surface area contributed by atoms with E-state index in [1.165, 1.54) is 12.1 Å². The third-order valence-corrected chi connectivity index (χ3v) is 2.49. The molecule has 2 amide bonds. The summed E-state index contributed by atoms with van der Waals surface area (Å²) >= 11 is 0. The van der Waals surface area contributed by atoms with Crippen LogP contribution in [0.4, 0.5) is 23.7 Å². The normalized spacial score (nSPS) is 11.0. The predicted octanol–water partition coefficient (Wildman–Crippen LogP) is 2.78. The molecule has 0 aliphatic heterocycles. The number of carbonyl (C=O) groups excluding carboxylic acids is 1. The molecule has 0 bridgehead atoms. The van der Waals surface area contributed by atoms with Crippen LogP contribution >= 0.6 is 0 Å². The lowest BCUT2D eigenvalue weighted by Gasteiger charge is -2.09. The highest BCUT2D eigenvalue weighted by Gasteiger charge is 2.25. The van der Waals surface area contributed by atoms with E-state index in [4.69, 9.17) is 5.11 Å². The van der Waals surface area contributed by atoms with Gasteiger partial charge in [-0.05, 0) is 24.1 Å². The molecule has 21 heavy (non-hydrogen) atoms. The highest BCUT2D eigenvalue weighted by molar-refractivity contribution is 5.89. The molecule has 8 heteroatoms. The Morgan fingerprint density at radius 3 is 2.29 bits per heavy atom. The number of carboxylic acids is 1. The van der Waals surface area contributed by atoms with Crippen molar-refractivity contribution in [1.82, 2.24) is 5.32 Å². The Morgan fingerprint density at radius 1 is 1.14 bits per heavy atom. The first-order valence-electron chi connectivity index (χ1n) is 6.18. The fraction of sp³-hybridized carbons (Fsp3) is 0.385. The van der Waals surface area contributed by atoms with Gasteiger partial charge in [-0.3, -0.25) is 4.79 Å². The molecule has 1 aromatic carbocycles. The lowest BCUT2D eigenvalue weighted by atomic mass is 10.1. The van der Waals surface area contributed by atoms with E-state index in [0.29, 0.717) is 11.3 Å². The highest BCUT2D eigenvalue weighted by Crippen LogP contribution is 2.20. The maximum atomic E-state index is 11.9. The van der Waals surface area contributed by atoms with E-state index in [1.807, 2.05) is 0 Å². The highest BCUT2D eigenvalue weighted by atomic mass is 19.4. The van der Waals surface area contributed by atoms with Gasteiger partial charge in [-0.2, -0.15) is 13.2 Å². The number of hydrogen-bond donors (Lipinski definition) is 3. The maximum absolute atomic E-state index is 11.9. The largest absolute Gasteiger partial charge is 0.481 e. The van der Waals surface area contributed by atoms with Crippen LogP contribution in [0, 0.1) is 0 Å². The van der Waals surface area contributed by atoms with Crippen molar-refractivity contribution in [2.24, 2.45) is 0 Å². The van der Waals surface area contributed by atoms with Crippen molar-refractivity contribution in [3.8, 4) is 0 Å². The second-order valence-electron chi connectivity index (χ2n) is 4.37. The van der Waals surface area contributed by atoms with Crippen LogP contribution in [0.15, 0.2) is 24.3 Å². The van der Waals surface area contributed by atoms with Gasteiger partial charge in [0.05, 0.1) is 6.42 Å². The minimum atomic E-state index is -4.22. The fourth-order valence-electron chi connectivity index (χ4n) is 1.55. The smallest absolute Gasteiger partial charge is 0.389 e. The third kappa shape index (κ3) is 7.81. The molecule has 5 nitrogen and oxygen atoms in total. The van der Waals surface area contributed by atoms with Crippen molar-refractivity contribution in [2.75, 3.05) is 11.9 Å². The molecule has 0 heterocycles. The van der Waals surface area contributed by atoms with Gasteiger partial charge < -0.3 is 15.7 Å². The minimum Gasteiger partial charge on any atom is -0.481 e. The molecule has 1 aromatic rings. The molecule has 0 fully saturated rings. The number of benzene rings is 1.